The van der Waals surface area contributed by atoms with E-state index in [2.05, 4.69) is 4.98 Å². The van der Waals surface area contributed by atoms with Crippen molar-refractivity contribution in [3.05, 3.63) is 53.4 Å². The van der Waals surface area contributed by atoms with Gasteiger partial charge in [-0.2, -0.15) is 0 Å². The number of benzene rings is 2. The third kappa shape index (κ3) is 5.56. The summed E-state index contributed by atoms with van der Waals surface area (Å²) in [6, 6.07) is 11.1. The maximum atomic E-state index is 11.6. The van der Waals surface area contributed by atoms with Crippen LogP contribution in [-0.4, -0.2) is 42.2 Å². The molecule has 0 saturated heterocycles. The van der Waals surface area contributed by atoms with Crippen LogP contribution in [0, 0.1) is 0 Å². The van der Waals surface area contributed by atoms with Gasteiger partial charge in [0.1, 0.15) is 11.4 Å². The van der Waals surface area contributed by atoms with E-state index in [1.807, 2.05) is 0 Å². The first kappa shape index (κ1) is 23.5. The summed E-state index contributed by atoms with van der Waals surface area (Å²) >= 11 is 12.5. The molecule has 0 aliphatic heterocycles. The van der Waals surface area contributed by atoms with Gasteiger partial charge < -0.3 is 9.15 Å². The van der Waals surface area contributed by atoms with Gasteiger partial charge in [-0.15, -0.1) is 0 Å². The Labute approximate surface area is 194 Å². The van der Waals surface area contributed by atoms with E-state index in [0.29, 0.717) is 39.2 Å². The van der Waals surface area contributed by atoms with Crippen LogP contribution in [-0.2, 0) is 15.8 Å². The summed E-state index contributed by atoms with van der Waals surface area (Å²) < 4.78 is 34.5. The zero-order valence-corrected chi connectivity index (χ0v) is 19.6. The van der Waals surface area contributed by atoms with Crippen molar-refractivity contribution in [3.63, 3.8) is 0 Å². The molecule has 164 valence electrons. The lowest BCUT2D eigenvalue weighted by atomic mass is 10.1. The van der Waals surface area contributed by atoms with Gasteiger partial charge >= 0.3 is 0 Å². The number of nitrogens with two attached hydrogens (primary N) is 1. The number of hydrogen-bond donors (Lipinski definition) is 2. The molecule has 2 aromatic carbocycles. The molecule has 0 fully saturated rings. The molecule has 1 heterocycles. The van der Waals surface area contributed by atoms with E-state index in [-0.39, 0.29) is 15.0 Å². The second-order valence-electron chi connectivity index (χ2n) is 6.28. The Balaban J connectivity index is 2.05. The molecule has 12 heteroatoms. The number of sulfonamides is 1. The molecule has 1 aromatic heterocycles. The molecule has 0 unspecified atom stereocenters. The van der Waals surface area contributed by atoms with Gasteiger partial charge in [-0.25, -0.2) is 23.6 Å². The lowest BCUT2D eigenvalue weighted by Crippen LogP contribution is -2.17. The lowest BCUT2D eigenvalue weighted by molar-refractivity contribution is 0.0205. The van der Waals surface area contributed by atoms with Gasteiger partial charge in [0.25, 0.3) is 0 Å². The van der Waals surface area contributed by atoms with E-state index in [1.165, 1.54) is 38.1 Å². The topological polar surface area (TPSA) is 119 Å². The number of rotatable bonds is 6. The standard InChI is InChI=1S/C19H18ClN3O5S3/c1-23(24)19(29)30-10-16-22-17(12-5-8-15(27-2)14(20)9-12)18(28-16)11-3-6-13(7-4-11)31(21,25)26/h3-9,24H,10H2,1-2H3,(H2,21,25,26). The summed E-state index contributed by atoms with van der Waals surface area (Å²) in [5.41, 5.74) is 1.78. The summed E-state index contributed by atoms with van der Waals surface area (Å²) in [6.45, 7) is 0. The normalized spacial score (nSPS) is 11.4. The molecular formula is C19H18ClN3O5S3. The number of oxazole rings is 1. The highest BCUT2D eigenvalue weighted by atomic mass is 35.5. The Morgan fingerprint density at radius 1 is 1.29 bits per heavy atom. The summed E-state index contributed by atoms with van der Waals surface area (Å²) in [4.78, 5) is 4.55. The summed E-state index contributed by atoms with van der Waals surface area (Å²) in [7, 11) is -0.878. The third-order valence-electron chi connectivity index (χ3n) is 4.13. The zero-order chi connectivity index (χ0) is 22.8. The van der Waals surface area contributed by atoms with E-state index in [0.717, 1.165) is 5.06 Å². The number of nitrogens with zero attached hydrogens (tertiary/aromatic N) is 2. The minimum atomic E-state index is -3.82. The highest BCUT2D eigenvalue weighted by molar-refractivity contribution is 8.22. The molecular weight excluding hydrogens is 482 g/mol. The molecule has 0 aliphatic carbocycles. The van der Waals surface area contributed by atoms with Crippen LogP contribution in [0.4, 0.5) is 0 Å². The van der Waals surface area contributed by atoms with Crippen LogP contribution in [0.25, 0.3) is 22.6 Å². The predicted molar refractivity (Wildman–Crippen MR) is 124 cm³/mol. The van der Waals surface area contributed by atoms with E-state index in [9.17, 15) is 13.6 Å². The monoisotopic (exact) mass is 499 g/mol. The molecule has 0 spiro atoms. The van der Waals surface area contributed by atoms with Crippen molar-refractivity contribution >= 4 is 49.9 Å². The Morgan fingerprint density at radius 2 is 1.94 bits per heavy atom. The van der Waals surface area contributed by atoms with Gasteiger partial charge in [0.2, 0.25) is 15.9 Å². The van der Waals surface area contributed by atoms with E-state index < -0.39 is 10.0 Å². The van der Waals surface area contributed by atoms with Gasteiger partial charge in [0.05, 0.1) is 22.8 Å². The predicted octanol–water partition coefficient (Wildman–Crippen LogP) is 4.16. The molecule has 0 radical (unpaired) electrons. The highest BCUT2D eigenvalue weighted by Crippen LogP contribution is 2.37. The van der Waals surface area contributed by atoms with Gasteiger partial charge in [-0.05, 0) is 42.5 Å². The molecule has 0 bridgehead atoms. The minimum absolute atomic E-state index is 0.0167. The second kappa shape index (κ2) is 9.55. The number of thiocarbonyl (C=S) groups is 1. The SMILES string of the molecule is COc1ccc(-c2nc(CSC(=S)N(C)O)oc2-c2ccc(S(N)(=O)=O)cc2)cc1Cl. The van der Waals surface area contributed by atoms with Crippen molar-refractivity contribution in [2.75, 3.05) is 14.2 Å². The fourth-order valence-electron chi connectivity index (χ4n) is 2.64. The molecule has 0 amide bonds. The number of methoxy groups -OCH3 is 1. The van der Waals surface area contributed by atoms with Crippen molar-refractivity contribution in [1.29, 1.82) is 0 Å². The smallest absolute Gasteiger partial charge is 0.238 e. The number of halogens is 1. The molecule has 3 aromatic rings. The highest BCUT2D eigenvalue weighted by Gasteiger charge is 2.20. The van der Waals surface area contributed by atoms with E-state index in [1.54, 1.807) is 30.3 Å². The molecule has 0 aliphatic rings. The van der Waals surface area contributed by atoms with Crippen molar-refractivity contribution in [1.82, 2.24) is 10.0 Å². The first-order valence-electron chi connectivity index (χ1n) is 8.66. The van der Waals surface area contributed by atoms with Crippen molar-refractivity contribution in [2.24, 2.45) is 5.14 Å². The molecule has 3 rings (SSSR count). The van der Waals surface area contributed by atoms with Crippen LogP contribution in [0.2, 0.25) is 5.02 Å². The van der Waals surface area contributed by atoms with Crippen molar-refractivity contribution in [3.8, 4) is 28.3 Å². The van der Waals surface area contributed by atoms with Gasteiger partial charge in [0, 0.05) is 18.2 Å². The van der Waals surface area contributed by atoms with Crippen LogP contribution in [0.3, 0.4) is 0 Å². The zero-order valence-electron chi connectivity index (χ0n) is 16.4. The van der Waals surface area contributed by atoms with Crippen LogP contribution < -0.4 is 9.88 Å². The Bertz CT molecular complexity index is 1210. The Kier molecular flexibility index (Phi) is 7.24. The summed E-state index contributed by atoms with van der Waals surface area (Å²) in [5, 5.41) is 15.8. The number of thioether (sulfide) groups is 1. The maximum Gasteiger partial charge on any atom is 0.238 e. The first-order valence-corrected chi connectivity index (χ1v) is 12.0. The van der Waals surface area contributed by atoms with E-state index in [4.69, 9.17) is 38.1 Å². The van der Waals surface area contributed by atoms with Crippen LogP contribution in [0.15, 0.2) is 51.8 Å². The number of aromatic nitrogens is 1. The number of hydroxylamine groups is 2. The molecule has 0 saturated carbocycles. The fraction of sp³-hybridized carbons (Fsp3) is 0.158. The quantitative estimate of drug-likeness (QED) is 0.380. The van der Waals surface area contributed by atoms with Crippen LogP contribution in [0.5, 0.6) is 5.75 Å². The minimum Gasteiger partial charge on any atom is -0.495 e. The number of ether oxygens (including phenoxy) is 1. The number of primary sulfonamides is 1. The Morgan fingerprint density at radius 3 is 2.48 bits per heavy atom. The van der Waals surface area contributed by atoms with Crippen molar-refractivity contribution < 1.29 is 22.8 Å². The largest absolute Gasteiger partial charge is 0.495 e. The third-order valence-corrected chi connectivity index (χ3v) is 6.87. The first-order chi connectivity index (χ1) is 14.6. The van der Waals surface area contributed by atoms with Gasteiger partial charge in [-0.1, -0.05) is 35.6 Å². The molecule has 31 heavy (non-hydrogen) atoms. The molecule has 0 atom stereocenters. The average molecular weight is 500 g/mol. The average Bonchev–Trinajstić information content (AvgIpc) is 3.15. The second-order valence-corrected chi connectivity index (χ2v) is 9.86. The summed E-state index contributed by atoms with van der Waals surface area (Å²) in [5.74, 6) is 1.57. The molecule has 3 N–H and O–H groups in total. The maximum absolute atomic E-state index is 11.6. The van der Waals surface area contributed by atoms with Gasteiger partial charge in [0.15, 0.2) is 10.1 Å². The van der Waals surface area contributed by atoms with Crippen LogP contribution in [0.1, 0.15) is 5.89 Å². The van der Waals surface area contributed by atoms with Crippen LogP contribution >= 0.6 is 35.6 Å². The van der Waals surface area contributed by atoms with E-state index >= 15 is 0 Å². The van der Waals surface area contributed by atoms with Crippen molar-refractivity contribution in [2.45, 2.75) is 10.6 Å². The molecule has 8 nitrogen and oxygen atoms in total. The van der Waals surface area contributed by atoms with Gasteiger partial charge in [-0.3, -0.25) is 5.21 Å². The number of hydrogen-bond acceptors (Lipinski definition) is 8. The Hall–Kier alpha value is -2.15. The summed E-state index contributed by atoms with van der Waals surface area (Å²) in [6.07, 6.45) is 0. The fourth-order valence-corrected chi connectivity index (χ4v) is 4.15. The lowest BCUT2D eigenvalue weighted by Gasteiger charge is -2.08.